The molecule has 0 unspecified atom stereocenters. The predicted molar refractivity (Wildman–Crippen MR) is 87.4 cm³/mol. The quantitative estimate of drug-likeness (QED) is 0.606. The molecule has 1 amide bonds. The number of hydrogen-bond donors (Lipinski definition) is 1. The zero-order chi connectivity index (χ0) is 18.0. The van der Waals surface area contributed by atoms with Crippen LogP contribution in [0.3, 0.4) is 0 Å². The van der Waals surface area contributed by atoms with Crippen LogP contribution in [0.5, 0.6) is 5.75 Å². The van der Waals surface area contributed by atoms with Crippen molar-refractivity contribution >= 4 is 27.9 Å². The molecular formula is C15H12BrF3N4O2+. The molecule has 25 heavy (non-hydrogen) atoms. The molecule has 0 spiro atoms. The summed E-state index contributed by atoms with van der Waals surface area (Å²) in [5.41, 5.74) is 0.901. The zero-order valence-corrected chi connectivity index (χ0v) is 14.2. The summed E-state index contributed by atoms with van der Waals surface area (Å²) in [6.45, 7) is 0.681. The summed E-state index contributed by atoms with van der Waals surface area (Å²) < 4.78 is 41.9. The molecule has 2 aliphatic rings. The number of alkyl halides is 3. The Bertz CT molecular complexity index is 759. The molecule has 131 valence electrons. The molecule has 2 heterocycles. The first-order valence-corrected chi connectivity index (χ1v) is 7.82. The van der Waals surface area contributed by atoms with Gasteiger partial charge in [0.1, 0.15) is 5.75 Å². The number of aliphatic imine (C=N–C) groups is 1. The van der Waals surface area contributed by atoms with Crippen LogP contribution in [0.4, 0.5) is 13.2 Å². The Labute approximate surface area is 149 Å². The molecule has 6 nitrogen and oxygen atoms in total. The van der Waals surface area contributed by atoms with Crippen molar-refractivity contribution in [3.05, 3.63) is 54.0 Å². The van der Waals surface area contributed by atoms with E-state index < -0.39 is 6.36 Å². The molecule has 0 saturated heterocycles. The average Bonchev–Trinajstić information content (AvgIpc) is 2.95. The monoisotopic (exact) mass is 416 g/mol. The standard InChI is InChI=1S/C15H12BrF3N4O2/c16-23-6-5-13-21-12(8-22(13)9-23)14(24)20-7-10-1-3-11(4-2-10)25-15(17,18)19/h1-6,8H,7,9H2,(H,20,24)/q+1. The van der Waals surface area contributed by atoms with Gasteiger partial charge in [-0.25, -0.2) is 0 Å². The number of carbonyl (C=O) groups is 1. The third-order valence-corrected chi connectivity index (χ3v) is 3.78. The van der Waals surface area contributed by atoms with Gasteiger partial charge >= 0.3 is 6.36 Å². The first-order valence-electron chi connectivity index (χ1n) is 7.11. The van der Waals surface area contributed by atoms with Crippen LogP contribution < -0.4 is 15.0 Å². The maximum absolute atomic E-state index is 12.2. The largest absolute Gasteiger partial charge is 0.573 e. The van der Waals surface area contributed by atoms with Gasteiger partial charge in [-0.3, -0.25) is 8.72 Å². The molecule has 0 aliphatic carbocycles. The summed E-state index contributed by atoms with van der Waals surface area (Å²) in [5.74, 6) is -0.0167. The van der Waals surface area contributed by atoms with E-state index in [1.807, 2.05) is 0 Å². The van der Waals surface area contributed by atoms with Crippen LogP contribution in [0.15, 0.2) is 53.4 Å². The van der Waals surface area contributed by atoms with Gasteiger partial charge in [0.15, 0.2) is 11.9 Å². The number of rotatable bonds is 4. The number of halogens is 4. The maximum atomic E-state index is 12.2. The molecule has 0 aromatic heterocycles. The van der Waals surface area contributed by atoms with Crippen molar-refractivity contribution in [1.82, 2.24) is 14.1 Å². The molecule has 1 aromatic rings. The molecule has 1 radical (unpaired) electrons. The molecular weight excluding hydrogens is 405 g/mol. The van der Waals surface area contributed by atoms with Gasteiger partial charge in [-0.05, 0) is 17.7 Å². The van der Waals surface area contributed by atoms with E-state index in [0.717, 1.165) is 0 Å². The zero-order valence-electron chi connectivity index (χ0n) is 12.6. The van der Waals surface area contributed by atoms with E-state index in [0.29, 0.717) is 18.1 Å². The lowest BCUT2D eigenvalue weighted by atomic mass is 10.2. The predicted octanol–water partition coefficient (Wildman–Crippen LogP) is 2.69. The molecule has 10 heteroatoms. The highest BCUT2D eigenvalue weighted by atomic mass is 79.9. The molecule has 0 fully saturated rings. The number of carbonyl (C=O) groups excluding carboxylic acids is 1. The number of fused-ring (bicyclic) bond motifs is 1. The highest BCUT2D eigenvalue weighted by Crippen LogP contribution is 2.23. The number of ether oxygens (including phenoxy) is 1. The van der Waals surface area contributed by atoms with Gasteiger partial charge < -0.3 is 10.1 Å². The second-order valence-corrected chi connectivity index (χ2v) is 6.10. The normalized spacial score (nSPS) is 17.0. The lowest BCUT2D eigenvalue weighted by Crippen LogP contribution is -2.37. The Balaban J connectivity index is 1.56. The van der Waals surface area contributed by atoms with Gasteiger partial charge in [0.25, 0.3) is 11.7 Å². The van der Waals surface area contributed by atoms with E-state index in [9.17, 15) is 18.0 Å². The van der Waals surface area contributed by atoms with Crippen LogP contribution in [0.2, 0.25) is 0 Å². The minimum atomic E-state index is -4.73. The fourth-order valence-electron chi connectivity index (χ4n) is 2.21. The van der Waals surface area contributed by atoms with Gasteiger partial charge in [-0.2, -0.15) is 4.99 Å². The highest BCUT2D eigenvalue weighted by Gasteiger charge is 2.34. The minimum absolute atomic E-state index is 0.160. The first-order chi connectivity index (χ1) is 11.8. The third kappa shape index (κ3) is 4.60. The summed E-state index contributed by atoms with van der Waals surface area (Å²) in [5, 5.41) is 2.68. The van der Waals surface area contributed by atoms with Gasteiger partial charge in [-0.15, -0.1) is 13.2 Å². The third-order valence-electron chi connectivity index (χ3n) is 3.32. The second kappa shape index (κ2) is 6.89. The number of nitrogens with one attached hydrogen (secondary N) is 1. The topological polar surface area (TPSA) is 59.8 Å². The Kier molecular flexibility index (Phi) is 4.82. The minimum Gasteiger partial charge on any atom is -0.406 e. The summed E-state index contributed by atoms with van der Waals surface area (Å²) >= 11 is 3.31. The maximum Gasteiger partial charge on any atom is 0.573 e. The molecule has 2 aliphatic heterocycles. The van der Waals surface area contributed by atoms with Crippen LogP contribution in [-0.4, -0.2) is 28.7 Å². The summed E-state index contributed by atoms with van der Waals surface area (Å²) in [7, 11) is 0. The van der Waals surface area contributed by atoms with E-state index in [2.05, 4.69) is 31.2 Å². The lowest BCUT2D eigenvalue weighted by molar-refractivity contribution is -0.274. The Morgan fingerprint density at radius 1 is 1.36 bits per heavy atom. The molecule has 0 saturated carbocycles. The lowest BCUT2D eigenvalue weighted by Gasteiger charge is -2.13. The van der Waals surface area contributed by atoms with Crippen molar-refractivity contribution in [2.75, 3.05) is 6.67 Å². The van der Waals surface area contributed by atoms with Crippen molar-refractivity contribution in [1.29, 1.82) is 0 Å². The average molecular weight is 417 g/mol. The molecule has 1 aromatic carbocycles. The summed E-state index contributed by atoms with van der Waals surface area (Å²) in [6, 6.07) is 5.29. The Hall–Kier alpha value is -2.33. The van der Waals surface area contributed by atoms with Crippen LogP contribution in [0, 0.1) is 0 Å². The van der Waals surface area contributed by atoms with Crippen molar-refractivity contribution < 1.29 is 22.7 Å². The van der Waals surface area contributed by atoms with Crippen LogP contribution in [0.1, 0.15) is 5.56 Å². The van der Waals surface area contributed by atoms with Crippen molar-refractivity contribution in [2.24, 2.45) is 4.99 Å². The number of amidine groups is 1. The van der Waals surface area contributed by atoms with Crippen LogP contribution >= 0.6 is 16.1 Å². The van der Waals surface area contributed by atoms with Crippen molar-refractivity contribution in [3.63, 3.8) is 0 Å². The number of hydrogen-bond acceptors (Lipinski definition) is 5. The number of nitrogens with zero attached hydrogens (tertiary/aromatic N) is 3. The first kappa shape index (κ1) is 17.5. The number of benzene rings is 1. The smallest absolute Gasteiger partial charge is 0.406 e. The van der Waals surface area contributed by atoms with Crippen LogP contribution in [0.25, 0.3) is 0 Å². The van der Waals surface area contributed by atoms with Gasteiger partial charge in [0.2, 0.25) is 6.67 Å². The van der Waals surface area contributed by atoms with E-state index in [1.165, 1.54) is 24.3 Å². The SMILES string of the molecule is O=C(NCc1ccc(OC(F)(F)F)cc1)C1=C[N+]2CN(Br)C=CC2=N1. The molecule has 3 rings (SSSR count). The Morgan fingerprint density at radius 3 is 2.76 bits per heavy atom. The van der Waals surface area contributed by atoms with E-state index in [4.69, 9.17) is 0 Å². The Morgan fingerprint density at radius 2 is 2.08 bits per heavy atom. The van der Waals surface area contributed by atoms with Gasteiger partial charge in [0.05, 0.1) is 16.1 Å². The fourth-order valence-corrected chi connectivity index (χ4v) is 2.57. The summed E-state index contributed by atoms with van der Waals surface area (Å²) in [4.78, 5) is 18.2. The van der Waals surface area contributed by atoms with Crippen LogP contribution in [-0.2, 0) is 11.3 Å². The number of amides is 1. The fraction of sp³-hybridized carbons (Fsp3) is 0.200. The second-order valence-electron chi connectivity index (χ2n) is 5.19. The van der Waals surface area contributed by atoms with Crippen molar-refractivity contribution in [3.8, 4) is 5.75 Å². The van der Waals surface area contributed by atoms with E-state index in [1.54, 1.807) is 27.3 Å². The molecule has 0 atom stereocenters. The highest BCUT2D eigenvalue weighted by molar-refractivity contribution is 9.07. The summed E-state index contributed by atoms with van der Waals surface area (Å²) in [6.07, 6.45) is 0.445. The van der Waals surface area contributed by atoms with E-state index in [-0.39, 0.29) is 23.9 Å². The van der Waals surface area contributed by atoms with Gasteiger partial charge in [-0.1, -0.05) is 17.0 Å². The van der Waals surface area contributed by atoms with Gasteiger partial charge in [0, 0.05) is 18.8 Å². The van der Waals surface area contributed by atoms with Crippen molar-refractivity contribution in [2.45, 2.75) is 12.9 Å². The molecule has 0 bridgehead atoms. The van der Waals surface area contributed by atoms with E-state index >= 15 is 0 Å². The molecule has 1 N–H and O–H groups in total.